The predicted octanol–water partition coefficient (Wildman–Crippen LogP) is 34.1. The van der Waals surface area contributed by atoms with Gasteiger partial charge < -0.3 is 0 Å². The van der Waals surface area contributed by atoms with Gasteiger partial charge in [0.2, 0.25) is 0 Å². The molecular formula is C114H72S3. The van der Waals surface area contributed by atoms with E-state index in [0.29, 0.717) is 0 Å². The van der Waals surface area contributed by atoms with Crippen molar-refractivity contribution >= 4 is 159 Å². The highest BCUT2D eigenvalue weighted by Gasteiger charge is 2.19. The highest BCUT2D eigenvalue weighted by atomic mass is 32.1. The van der Waals surface area contributed by atoms with Crippen LogP contribution in [0.25, 0.3) is 225 Å². The van der Waals surface area contributed by atoms with Crippen LogP contribution in [0, 0.1) is 0 Å². The third-order valence-electron chi connectivity index (χ3n) is 23.6. The molecule has 24 rings (SSSR count). The van der Waals surface area contributed by atoms with E-state index in [1.807, 2.05) is 34.0 Å². The molecule has 117 heavy (non-hydrogen) atoms. The van der Waals surface area contributed by atoms with Crippen molar-refractivity contribution in [1.82, 2.24) is 0 Å². The summed E-state index contributed by atoms with van der Waals surface area (Å²) in [6.45, 7) is 0. The van der Waals surface area contributed by atoms with E-state index in [1.165, 1.54) is 225 Å². The normalized spacial score (nSPS) is 11.6. The zero-order valence-corrected chi connectivity index (χ0v) is 66.2. The maximum atomic E-state index is 2.34. The maximum absolute atomic E-state index is 2.34. The maximum Gasteiger partial charge on any atom is 0.0434 e. The highest BCUT2D eigenvalue weighted by Crippen LogP contribution is 2.48. The summed E-state index contributed by atoms with van der Waals surface area (Å²) in [5.74, 6) is 0. The van der Waals surface area contributed by atoms with Gasteiger partial charge in [0.25, 0.3) is 0 Å². The fourth-order valence-electron chi connectivity index (χ4n) is 18.0. The molecule has 0 saturated carbocycles. The van der Waals surface area contributed by atoms with Gasteiger partial charge in [0.15, 0.2) is 0 Å². The second-order valence-electron chi connectivity index (χ2n) is 30.4. The van der Waals surface area contributed by atoms with Gasteiger partial charge in [-0.25, -0.2) is 0 Å². The van der Waals surface area contributed by atoms with Crippen LogP contribution in [0.4, 0.5) is 0 Å². The Hall–Kier alpha value is -14.2. The summed E-state index contributed by atoms with van der Waals surface area (Å²) in [4.78, 5) is 0. The fourth-order valence-corrected chi connectivity index (χ4v) is 21.7. The van der Waals surface area contributed by atoms with E-state index in [2.05, 4.69) is 437 Å². The molecule has 0 radical (unpaired) electrons. The first-order valence-corrected chi connectivity index (χ1v) is 42.5. The van der Waals surface area contributed by atoms with Crippen LogP contribution in [-0.2, 0) is 0 Å². The highest BCUT2D eigenvalue weighted by molar-refractivity contribution is 7.27. The average Bonchev–Trinajstić information content (AvgIpc) is 1.23. The standard InChI is InChI=1S/3C38H24S/c1-2-15-30-29(10-1)24-36(33-17-4-3-16-32(30)33)28-14-8-12-26(23-28)25-11-7-13-27(22-25)31-19-9-20-35-34-18-5-6-21-37(34)39-38(31)35;1-2-12-30-29(9-1)24-36(33-14-4-3-13-32(30)33)26-21-19-25(20-22-26)27-10-7-11-28(23-27)31-16-8-17-35-34-15-5-6-18-37(34)39-38(31)35;1-2-12-29-27(10-1)24-36(32-15-6-5-13-30(29)32)26-22-20-25(21-23-26)28-11-3-4-14-31(28)34-17-9-18-35-33-16-7-8-19-37(33)39-38(34)35/h3*1-24H. The zero-order chi connectivity index (χ0) is 77.3. The van der Waals surface area contributed by atoms with Crippen LogP contribution in [-0.4, -0.2) is 0 Å². The van der Waals surface area contributed by atoms with Crippen LogP contribution in [0.2, 0.25) is 0 Å². The number of hydrogen-bond donors (Lipinski definition) is 0. The molecule has 0 fully saturated rings. The minimum Gasteiger partial charge on any atom is -0.135 e. The Morgan fingerprint density at radius 3 is 0.744 bits per heavy atom. The smallest absolute Gasteiger partial charge is 0.0434 e. The molecule has 546 valence electrons. The number of thiophene rings is 3. The Labute approximate surface area is 690 Å². The van der Waals surface area contributed by atoms with Gasteiger partial charge in [0.05, 0.1) is 0 Å². The largest absolute Gasteiger partial charge is 0.135 e. The molecule has 0 amide bonds. The van der Waals surface area contributed by atoms with Gasteiger partial charge >= 0.3 is 0 Å². The van der Waals surface area contributed by atoms with Crippen LogP contribution < -0.4 is 0 Å². The van der Waals surface area contributed by atoms with Crippen LogP contribution in [0.3, 0.4) is 0 Å². The molecule has 0 aliphatic rings. The molecule has 0 unspecified atom stereocenters. The second kappa shape index (κ2) is 29.7. The van der Waals surface area contributed by atoms with Gasteiger partial charge in [-0.1, -0.05) is 382 Å². The van der Waals surface area contributed by atoms with Crippen molar-refractivity contribution < 1.29 is 0 Å². The molecule has 0 aliphatic heterocycles. The molecule has 3 aromatic heterocycles. The van der Waals surface area contributed by atoms with Crippen molar-refractivity contribution in [1.29, 1.82) is 0 Å². The van der Waals surface area contributed by atoms with Gasteiger partial charge in [0.1, 0.15) is 0 Å². The number of rotatable bonds is 9. The Bertz CT molecular complexity index is 8010. The van der Waals surface area contributed by atoms with E-state index in [0.717, 1.165) is 0 Å². The second-order valence-corrected chi connectivity index (χ2v) is 33.5. The summed E-state index contributed by atoms with van der Waals surface area (Å²) in [7, 11) is 0. The van der Waals surface area contributed by atoms with Crippen LogP contribution in [0.15, 0.2) is 437 Å². The van der Waals surface area contributed by atoms with Crippen molar-refractivity contribution in [3.05, 3.63) is 437 Å². The van der Waals surface area contributed by atoms with E-state index in [9.17, 15) is 0 Å². The monoisotopic (exact) mass is 1540 g/mol. The summed E-state index contributed by atoms with van der Waals surface area (Å²) < 4.78 is 8.08. The topological polar surface area (TPSA) is 0 Å². The van der Waals surface area contributed by atoms with E-state index in [4.69, 9.17) is 0 Å². The average molecular weight is 1540 g/mol. The van der Waals surface area contributed by atoms with Gasteiger partial charge in [-0.05, 0) is 214 Å². The predicted molar refractivity (Wildman–Crippen MR) is 512 cm³/mol. The lowest BCUT2D eigenvalue weighted by Gasteiger charge is -2.14. The lowest BCUT2D eigenvalue weighted by atomic mass is 9.90. The Balaban J connectivity index is 0.000000106. The van der Waals surface area contributed by atoms with Crippen molar-refractivity contribution in [2.75, 3.05) is 0 Å². The lowest BCUT2D eigenvalue weighted by molar-refractivity contribution is 1.60. The quantitative estimate of drug-likeness (QED) is 0.126. The molecular weight excluding hydrogens is 1470 g/mol. The van der Waals surface area contributed by atoms with Gasteiger partial charge in [0, 0.05) is 66.1 Å². The first-order valence-electron chi connectivity index (χ1n) is 40.1. The summed E-state index contributed by atoms with van der Waals surface area (Å²) in [5, 5.41) is 23.5. The van der Waals surface area contributed by atoms with E-state index in [1.54, 1.807) is 0 Å². The number of hydrogen-bond acceptors (Lipinski definition) is 3. The lowest BCUT2D eigenvalue weighted by Crippen LogP contribution is -1.87. The van der Waals surface area contributed by atoms with E-state index >= 15 is 0 Å². The summed E-state index contributed by atoms with van der Waals surface area (Å²) in [5.41, 5.74) is 22.7. The first kappa shape index (κ1) is 69.5. The minimum absolute atomic E-state index is 1.23. The molecule has 0 nitrogen and oxygen atoms in total. The summed E-state index contributed by atoms with van der Waals surface area (Å²) >= 11 is 5.66. The summed E-state index contributed by atoms with van der Waals surface area (Å²) in [6.07, 6.45) is 0. The Kier molecular flexibility index (Phi) is 17.6. The van der Waals surface area contributed by atoms with Gasteiger partial charge in [-0.3, -0.25) is 0 Å². The van der Waals surface area contributed by atoms with Crippen molar-refractivity contribution in [3.8, 4) is 100 Å². The third kappa shape index (κ3) is 12.6. The molecule has 0 N–H and O–H groups in total. The Morgan fingerprint density at radius 1 is 0.111 bits per heavy atom. The molecule has 3 heteroatoms. The SMILES string of the molecule is c1cc(-c2ccc(-c3cc4ccccc4c4ccccc34)cc2)cc(-c2cccc3c2sc2ccccc23)c1.c1cc(-c2cccc(-c3cccc4c3sc3ccccc34)c2)cc(-c2cc3ccccc3c3ccccc23)c1.c1ccc(-c2cccc3c2sc2ccccc23)c(-c2ccc(-c3cc4ccccc4c4ccccc34)cc2)c1. The molecule has 0 atom stereocenters. The molecule has 21 aromatic carbocycles. The van der Waals surface area contributed by atoms with Crippen molar-refractivity contribution in [3.63, 3.8) is 0 Å². The van der Waals surface area contributed by atoms with Crippen LogP contribution in [0.5, 0.6) is 0 Å². The molecule has 3 heterocycles. The van der Waals surface area contributed by atoms with Crippen molar-refractivity contribution in [2.45, 2.75) is 0 Å². The first-order chi connectivity index (χ1) is 58.0. The molecule has 0 spiro atoms. The summed E-state index contributed by atoms with van der Waals surface area (Å²) in [6, 6.07) is 160. The third-order valence-corrected chi connectivity index (χ3v) is 27.3. The molecule has 0 bridgehead atoms. The zero-order valence-electron chi connectivity index (χ0n) is 63.8. The van der Waals surface area contributed by atoms with Gasteiger partial charge in [-0.2, -0.15) is 0 Å². The van der Waals surface area contributed by atoms with E-state index in [-0.39, 0.29) is 0 Å². The number of fused-ring (bicyclic) bond motifs is 18. The molecule has 24 aromatic rings. The van der Waals surface area contributed by atoms with Crippen LogP contribution in [0.1, 0.15) is 0 Å². The number of benzene rings is 21. The minimum atomic E-state index is 1.23. The molecule has 0 aliphatic carbocycles. The molecule has 0 saturated heterocycles. The van der Waals surface area contributed by atoms with Crippen LogP contribution >= 0.6 is 34.0 Å². The van der Waals surface area contributed by atoms with Gasteiger partial charge in [-0.15, -0.1) is 34.0 Å². The fraction of sp³-hybridized carbons (Fsp3) is 0. The van der Waals surface area contributed by atoms with Crippen molar-refractivity contribution in [2.24, 2.45) is 0 Å². The van der Waals surface area contributed by atoms with E-state index < -0.39 is 0 Å². The Morgan fingerprint density at radius 2 is 0.350 bits per heavy atom.